The van der Waals surface area contributed by atoms with Crippen molar-refractivity contribution >= 4 is 11.8 Å². The highest BCUT2D eigenvalue weighted by Crippen LogP contribution is 2.26. The standard InChI is InChI=1S/C31H33FN2O2/c32-28-18-16-26(17-19-28)23-34(29(35)22-25-12-6-2-7-13-25)30(27-14-8-3-9-15-27)31(36)33-21-20-24-10-4-1-5-11-24/h2-3,6-10,12-19,30H,1,4-5,11,20-23H2,(H,33,36). The first kappa shape index (κ1) is 25.4. The van der Waals surface area contributed by atoms with E-state index in [4.69, 9.17) is 0 Å². The predicted octanol–water partition coefficient (Wildman–Crippen LogP) is 6.15. The molecule has 1 aliphatic carbocycles. The molecule has 0 heterocycles. The van der Waals surface area contributed by atoms with Crippen LogP contribution in [-0.4, -0.2) is 23.3 Å². The van der Waals surface area contributed by atoms with Gasteiger partial charge in [0.05, 0.1) is 6.42 Å². The van der Waals surface area contributed by atoms with Crippen molar-refractivity contribution in [1.82, 2.24) is 10.2 Å². The first-order chi connectivity index (χ1) is 17.6. The third-order valence-corrected chi connectivity index (χ3v) is 6.59. The van der Waals surface area contributed by atoms with Crippen LogP contribution in [0.1, 0.15) is 54.8 Å². The van der Waals surface area contributed by atoms with Gasteiger partial charge < -0.3 is 10.2 Å². The minimum atomic E-state index is -0.798. The average molecular weight is 485 g/mol. The van der Waals surface area contributed by atoms with Crippen LogP contribution in [0.3, 0.4) is 0 Å². The zero-order valence-corrected chi connectivity index (χ0v) is 20.5. The van der Waals surface area contributed by atoms with E-state index in [-0.39, 0.29) is 30.6 Å². The molecule has 0 radical (unpaired) electrons. The molecule has 0 bridgehead atoms. The molecule has 1 aliphatic rings. The highest BCUT2D eigenvalue weighted by molar-refractivity contribution is 5.89. The maximum Gasteiger partial charge on any atom is 0.247 e. The van der Waals surface area contributed by atoms with Crippen molar-refractivity contribution in [2.45, 2.75) is 51.1 Å². The number of benzene rings is 3. The number of hydrogen-bond acceptors (Lipinski definition) is 2. The van der Waals surface area contributed by atoms with Gasteiger partial charge in [-0.05, 0) is 60.9 Å². The molecule has 2 amide bonds. The van der Waals surface area contributed by atoms with Crippen LogP contribution >= 0.6 is 0 Å². The second-order valence-electron chi connectivity index (χ2n) is 9.27. The number of hydrogen-bond donors (Lipinski definition) is 1. The summed E-state index contributed by atoms with van der Waals surface area (Å²) in [5, 5.41) is 3.09. The summed E-state index contributed by atoms with van der Waals surface area (Å²) < 4.78 is 13.6. The quantitative estimate of drug-likeness (QED) is 0.351. The maximum atomic E-state index is 13.7. The number of amides is 2. The molecular weight excluding hydrogens is 451 g/mol. The Morgan fingerprint density at radius 1 is 0.861 bits per heavy atom. The van der Waals surface area contributed by atoms with Crippen LogP contribution in [-0.2, 0) is 22.6 Å². The van der Waals surface area contributed by atoms with Gasteiger partial charge in [-0.2, -0.15) is 0 Å². The Labute approximate surface area is 212 Å². The van der Waals surface area contributed by atoms with Gasteiger partial charge in [-0.15, -0.1) is 0 Å². The largest absolute Gasteiger partial charge is 0.354 e. The van der Waals surface area contributed by atoms with E-state index < -0.39 is 6.04 Å². The van der Waals surface area contributed by atoms with Gasteiger partial charge >= 0.3 is 0 Å². The summed E-state index contributed by atoms with van der Waals surface area (Å²) in [5.74, 6) is -0.707. The van der Waals surface area contributed by atoms with Gasteiger partial charge in [-0.3, -0.25) is 9.59 Å². The number of allylic oxidation sites excluding steroid dienone is 1. The van der Waals surface area contributed by atoms with E-state index in [9.17, 15) is 14.0 Å². The smallest absolute Gasteiger partial charge is 0.247 e. The molecule has 1 atom stereocenters. The Kier molecular flexibility index (Phi) is 9.03. The molecule has 0 aliphatic heterocycles. The lowest BCUT2D eigenvalue weighted by molar-refractivity contribution is -0.141. The summed E-state index contributed by atoms with van der Waals surface area (Å²) in [7, 11) is 0. The zero-order chi connectivity index (χ0) is 25.2. The molecule has 1 N–H and O–H groups in total. The van der Waals surface area contributed by atoms with Crippen molar-refractivity contribution in [1.29, 1.82) is 0 Å². The minimum absolute atomic E-state index is 0.162. The molecule has 0 aromatic heterocycles. The van der Waals surface area contributed by atoms with Gasteiger partial charge in [0.15, 0.2) is 0 Å². The third kappa shape index (κ3) is 7.14. The molecule has 0 saturated heterocycles. The topological polar surface area (TPSA) is 49.4 Å². The summed E-state index contributed by atoms with van der Waals surface area (Å²) in [6.45, 7) is 0.731. The van der Waals surface area contributed by atoms with Crippen LogP contribution in [0.15, 0.2) is 96.6 Å². The van der Waals surface area contributed by atoms with E-state index in [1.54, 1.807) is 17.0 Å². The molecule has 1 unspecified atom stereocenters. The van der Waals surface area contributed by atoms with Crippen molar-refractivity contribution in [3.63, 3.8) is 0 Å². The first-order valence-electron chi connectivity index (χ1n) is 12.7. The lowest BCUT2D eigenvalue weighted by atomic mass is 9.97. The monoisotopic (exact) mass is 484 g/mol. The molecule has 0 spiro atoms. The van der Waals surface area contributed by atoms with Crippen molar-refractivity contribution in [2.75, 3.05) is 6.54 Å². The van der Waals surface area contributed by atoms with E-state index in [1.807, 2.05) is 60.7 Å². The summed E-state index contributed by atoms with van der Waals surface area (Å²) in [4.78, 5) is 28.9. The van der Waals surface area contributed by atoms with Crippen LogP contribution in [0.25, 0.3) is 0 Å². The summed E-state index contributed by atoms with van der Waals surface area (Å²) in [6.07, 6.45) is 7.91. The SMILES string of the molecule is O=C(NCCC1=CCCCC1)C(c1ccccc1)N(Cc1ccc(F)cc1)C(=O)Cc1ccccc1. The van der Waals surface area contributed by atoms with E-state index in [1.165, 1.54) is 30.5 Å². The van der Waals surface area contributed by atoms with Crippen LogP contribution in [0.5, 0.6) is 0 Å². The second-order valence-corrected chi connectivity index (χ2v) is 9.27. The van der Waals surface area contributed by atoms with Gasteiger partial charge in [-0.25, -0.2) is 4.39 Å². The van der Waals surface area contributed by atoms with Gasteiger partial charge in [-0.1, -0.05) is 84.4 Å². The molecule has 0 fully saturated rings. The number of nitrogens with one attached hydrogen (secondary N) is 1. The van der Waals surface area contributed by atoms with Gasteiger partial charge in [0.2, 0.25) is 11.8 Å². The molecule has 186 valence electrons. The fourth-order valence-corrected chi connectivity index (χ4v) is 4.66. The van der Waals surface area contributed by atoms with Crippen LogP contribution in [0.4, 0.5) is 4.39 Å². The second kappa shape index (κ2) is 12.8. The maximum absolute atomic E-state index is 13.7. The first-order valence-corrected chi connectivity index (χ1v) is 12.7. The van der Waals surface area contributed by atoms with Crippen LogP contribution in [0, 0.1) is 5.82 Å². The van der Waals surface area contributed by atoms with Crippen LogP contribution < -0.4 is 5.32 Å². The minimum Gasteiger partial charge on any atom is -0.354 e. The highest BCUT2D eigenvalue weighted by atomic mass is 19.1. The fourth-order valence-electron chi connectivity index (χ4n) is 4.66. The van der Waals surface area contributed by atoms with Crippen molar-refractivity contribution < 1.29 is 14.0 Å². The van der Waals surface area contributed by atoms with Crippen molar-refractivity contribution in [3.05, 3.63) is 119 Å². The molecule has 4 nitrogen and oxygen atoms in total. The molecule has 5 heteroatoms. The van der Waals surface area contributed by atoms with Crippen molar-refractivity contribution in [3.8, 4) is 0 Å². The summed E-state index contributed by atoms with van der Waals surface area (Å²) >= 11 is 0. The van der Waals surface area contributed by atoms with E-state index in [0.29, 0.717) is 6.54 Å². The van der Waals surface area contributed by atoms with Gasteiger partial charge in [0, 0.05) is 13.1 Å². The summed E-state index contributed by atoms with van der Waals surface area (Å²) in [6, 6.07) is 24.2. The lowest BCUT2D eigenvalue weighted by Crippen LogP contribution is -2.44. The van der Waals surface area contributed by atoms with E-state index in [0.717, 1.165) is 36.0 Å². The van der Waals surface area contributed by atoms with Gasteiger partial charge in [0.25, 0.3) is 0 Å². The highest BCUT2D eigenvalue weighted by Gasteiger charge is 2.31. The third-order valence-electron chi connectivity index (χ3n) is 6.59. The van der Waals surface area contributed by atoms with E-state index >= 15 is 0 Å². The normalized spacial score (nSPS) is 14.0. The lowest BCUT2D eigenvalue weighted by Gasteiger charge is -2.32. The number of carbonyl (C=O) groups is 2. The number of rotatable bonds is 10. The summed E-state index contributed by atoms with van der Waals surface area (Å²) in [5.41, 5.74) is 3.78. The average Bonchev–Trinajstić information content (AvgIpc) is 2.91. The molecular formula is C31H33FN2O2. The van der Waals surface area contributed by atoms with Crippen molar-refractivity contribution in [2.24, 2.45) is 0 Å². The number of carbonyl (C=O) groups excluding carboxylic acids is 2. The number of nitrogens with zero attached hydrogens (tertiary/aromatic N) is 1. The predicted molar refractivity (Wildman–Crippen MR) is 140 cm³/mol. The van der Waals surface area contributed by atoms with Gasteiger partial charge in [0.1, 0.15) is 11.9 Å². The molecule has 0 saturated carbocycles. The Morgan fingerprint density at radius 3 is 2.22 bits per heavy atom. The molecule has 3 aromatic rings. The van der Waals surface area contributed by atoms with Crippen LogP contribution in [0.2, 0.25) is 0 Å². The Morgan fingerprint density at radius 2 is 1.56 bits per heavy atom. The molecule has 4 rings (SSSR count). The van der Waals surface area contributed by atoms with E-state index in [2.05, 4.69) is 11.4 Å². The Hall–Kier alpha value is -3.73. The fraction of sp³-hybridized carbons (Fsp3) is 0.290. The Bertz CT molecular complexity index is 1160. The molecule has 36 heavy (non-hydrogen) atoms. The Balaban J connectivity index is 1.60. The number of halogens is 1. The zero-order valence-electron chi connectivity index (χ0n) is 20.5. The molecule has 3 aromatic carbocycles.